The first kappa shape index (κ1) is 23.5. The van der Waals surface area contributed by atoms with Crippen molar-refractivity contribution in [2.24, 2.45) is 5.41 Å². The Morgan fingerprint density at radius 3 is 2.31 bits per heavy atom. The summed E-state index contributed by atoms with van der Waals surface area (Å²) in [6.45, 7) is 10.5. The number of amides is 1. The van der Waals surface area contributed by atoms with Crippen LogP contribution in [0.4, 0.5) is 6.01 Å². The highest BCUT2D eigenvalue weighted by atomic mass is 16.5. The summed E-state index contributed by atoms with van der Waals surface area (Å²) in [6, 6.07) is 2.20. The zero-order chi connectivity index (χ0) is 21.6. The predicted octanol–water partition coefficient (Wildman–Crippen LogP) is 3.25. The molecule has 1 aromatic rings. The lowest BCUT2D eigenvalue weighted by molar-refractivity contribution is -0.135. The maximum atomic E-state index is 12.4. The van der Waals surface area contributed by atoms with E-state index in [1.165, 1.54) is 19.3 Å². The molecule has 4 fully saturated rings. The average Bonchev–Trinajstić information content (AvgIpc) is 3.15. The number of aryl methyl sites for hydroxylation is 1. The van der Waals surface area contributed by atoms with Crippen LogP contribution in [-0.2, 0) is 9.53 Å². The van der Waals surface area contributed by atoms with Gasteiger partial charge in [-0.1, -0.05) is 25.9 Å². The van der Waals surface area contributed by atoms with Crippen LogP contribution in [0.5, 0.6) is 0 Å². The molecule has 2 unspecified atom stereocenters. The van der Waals surface area contributed by atoms with E-state index in [9.17, 15) is 4.79 Å². The van der Waals surface area contributed by atoms with E-state index in [-0.39, 0.29) is 13.3 Å². The zero-order valence-corrected chi connectivity index (χ0v) is 19.3. The van der Waals surface area contributed by atoms with Gasteiger partial charge >= 0.3 is 6.01 Å². The first-order valence-corrected chi connectivity index (χ1v) is 12.1. The number of carbonyl (C=O) groups is 1. The van der Waals surface area contributed by atoms with Crippen LogP contribution in [-0.4, -0.2) is 82.9 Å². The van der Waals surface area contributed by atoms with Gasteiger partial charge in [0, 0.05) is 38.6 Å². The van der Waals surface area contributed by atoms with Crippen molar-refractivity contribution < 1.29 is 14.1 Å². The minimum absolute atomic E-state index is 0. The summed E-state index contributed by atoms with van der Waals surface area (Å²) < 4.78 is 11.4. The summed E-state index contributed by atoms with van der Waals surface area (Å²) in [5.41, 5.74) is 0.347. The number of piperidine rings is 2. The molecule has 0 aromatic carbocycles. The fourth-order valence-corrected chi connectivity index (χ4v) is 6.30. The lowest BCUT2D eigenvalue weighted by Crippen LogP contribution is -2.62. The fourth-order valence-electron chi connectivity index (χ4n) is 6.30. The first-order valence-electron chi connectivity index (χ1n) is 12.1. The highest BCUT2D eigenvalue weighted by molar-refractivity contribution is 5.73. The Labute approximate surface area is 192 Å². The molecular weight excluding hydrogens is 406 g/mol. The zero-order valence-electron chi connectivity index (χ0n) is 19.3. The summed E-state index contributed by atoms with van der Waals surface area (Å²) in [5.74, 6) is 0.936. The largest absolute Gasteiger partial charge is 0.377 e. The van der Waals surface area contributed by atoms with Gasteiger partial charge in [0.25, 0.3) is 0 Å². The standard InChI is InChI=1S/C23H37N5O3.CH4/c1-16-24-22(31-25-16)28-20-11-19(12-21(28)14-30-13-20)26-9-5-18(6-10-26)27(17(2)29)15-23(3)7-4-8-23;/h18-21H,4-15H2,1-3H3;1H4. The quantitative estimate of drug-likeness (QED) is 0.686. The second-order valence-electron chi connectivity index (χ2n) is 10.6. The molecule has 2 bridgehead atoms. The topological polar surface area (TPSA) is 74.9 Å². The molecule has 5 rings (SSSR count). The Morgan fingerprint density at radius 1 is 1.16 bits per heavy atom. The molecule has 4 heterocycles. The van der Waals surface area contributed by atoms with Crippen molar-refractivity contribution in [1.29, 1.82) is 0 Å². The molecule has 1 aromatic heterocycles. The van der Waals surface area contributed by atoms with E-state index >= 15 is 0 Å². The molecule has 8 heteroatoms. The van der Waals surface area contributed by atoms with Gasteiger partial charge in [0.05, 0.1) is 25.3 Å². The third-order valence-electron chi connectivity index (χ3n) is 8.21. The number of hydrogen-bond acceptors (Lipinski definition) is 7. The number of nitrogens with zero attached hydrogens (tertiary/aromatic N) is 5. The molecule has 1 aliphatic carbocycles. The molecule has 4 aliphatic rings. The number of morpholine rings is 1. The van der Waals surface area contributed by atoms with E-state index in [0.29, 0.717) is 41.4 Å². The van der Waals surface area contributed by atoms with Crippen molar-refractivity contribution in [3.8, 4) is 0 Å². The Morgan fingerprint density at radius 2 is 1.81 bits per heavy atom. The molecule has 32 heavy (non-hydrogen) atoms. The number of ether oxygens (including phenoxy) is 1. The van der Waals surface area contributed by atoms with Crippen molar-refractivity contribution in [3.05, 3.63) is 5.82 Å². The Kier molecular flexibility index (Phi) is 6.82. The second-order valence-corrected chi connectivity index (χ2v) is 10.6. The van der Waals surface area contributed by atoms with Gasteiger partial charge in [-0.2, -0.15) is 4.98 Å². The van der Waals surface area contributed by atoms with Crippen molar-refractivity contribution in [2.75, 3.05) is 37.7 Å². The molecule has 1 amide bonds. The summed E-state index contributed by atoms with van der Waals surface area (Å²) in [4.78, 5) is 24.1. The van der Waals surface area contributed by atoms with Crippen LogP contribution < -0.4 is 4.90 Å². The van der Waals surface area contributed by atoms with Crippen molar-refractivity contribution >= 4 is 11.9 Å². The van der Waals surface area contributed by atoms with Gasteiger partial charge in [0.15, 0.2) is 5.82 Å². The molecule has 0 N–H and O–H groups in total. The lowest BCUT2D eigenvalue weighted by Gasteiger charge is -2.51. The normalized spacial score (nSPS) is 30.3. The number of aromatic nitrogens is 2. The molecule has 2 atom stereocenters. The summed E-state index contributed by atoms with van der Waals surface area (Å²) in [7, 11) is 0. The van der Waals surface area contributed by atoms with E-state index in [4.69, 9.17) is 9.26 Å². The smallest absolute Gasteiger partial charge is 0.324 e. The Bertz CT molecular complexity index is 772. The van der Waals surface area contributed by atoms with Gasteiger partial charge in [-0.3, -0.25) is 4.79 Å². The molecule has 8 nitrogen and oxygen atoms in total. The highest BCUT2D eigenvalue weighted by Gasteiger charge is 2.44. The summed E-state index contributed by atoms with van der Waals surface area (Å²) in [6.07, 6.45) is 8.15. The van der Waals surface area contributed by atoms with Crippen LogP contribution in [0.1, 0.15) is 72.0 Å². The molecule has 0 spiro atoms. The van der Waals surface area contributed by atoms with Crippen LogP contribution in [0, 0.1) is 12.3 Å². The number of carbonyl (C=O) groups excluding carboxylic acids is 1. The monoisotopic (exact) mass is 447 g/mol. The van der Waals surface area contributed by atoms with Gasteiger partial charge in [-0.15, -0.1) is 0 Å². The lowest BCUT2D eigenvalue weighted by atomic mass is 9.70. The van der Waals surface area contributed by atoms with Crippen LogP contribution in [0.25, 0.3) is 0 Å². The maximum absolute atomic E-state index is 12.4. The van der Waals surface area contributed by atoms with E-state index in [2.05, 4.69) is 31.8 Å². The molecular formula is C24H41N5O3. The maximum Gasteiger partial charge on any atom is 0.324 e. The first-order chi connectivity index (χ1) is 14.9. The van der Waals surface area contributed by atoms with E-state index in [0.717, 1.165) is 58.5 Å². The number of anilines is 1. The van der Waals surface area contributed by atoms with Gasteiger partial charge in [0.2, 0.25) is 5.91 Å². The average molecular weight is 448 g/mol. The van der Waals surface area contributed by atoms with Crippen LogP contribution in [0.3, 0.4) is 0 Å². The molecule has 3 saturated heterocycles. The third kappa shape index (κ3) is 4.53. The highest BCUT2D eigenvalue weighted by Crippen LogP contribution is 2.42. The number of likely N-dealkylation sites (tertiary alicyclic amines) is 1. The van der Waals surface area contributed by atoms with E-state index in [1.54, 1.807) is 6.92 Å². The van der Waals surface area contributed by atoms with Crippen LogP contribution in [0.2, 0.25) is 0 Å². The van der Waals surface area contributed by atoms with Crippen LogP contribution >= 0.6 is 0 Å². The third-order valence-corrected chi connectivity index (χ3v) is 8.21. The van der Waals surface area contributed by atoms with Gasteiger partial charge in [-0.05, 0) is 50.9 Å². The number of hydrogen-bond donors (Lipinski definition) is 0. The SMILES string of the molecule is C.CC(=O)N(CC1(C)CCC1)C1CCN(C2CC3COCC(C2)N3c2nc(C)no2)CC1. The van der Waals surface area contributed by atoms with Gasteiger partial charge in [0.1, 0.15) is 0 Å². The van der Waals surface area contributed by atoms with Crippen molar-refractivity contribution in [3.63, 3.8) is 0 Å². The number of fused-ring (bicyclic) bond motifs is 2. The van der Waals surface area contributed by atoms with Crippen molar-refractivity contribution in [1.82, 2.24) is 19.9 Å². The molecule has 3 aliphatic heterocycles. The minimum atomic E-state index is 0. The Balaban J connectivity index is 0.00000245. The second kappa shape index (κ2) is 9.29. The minimum Gasteiger partial charge on any atom is -0.377 e. The molecule has 0 radical (unpaired) electrons. The molecule has 180 valence electrons. The summed E-state index contributed by atoms with van der Waals surface area (Å²) >= 11 is 0. The van der Waals surface area contributed by atoms with E-state index in [1.807, 2.05) is 6.92 Å². The Hall–Kier alpha value is -1.67. The van der Waals surface area contributed by atoms with Gasteiger partial charge in [-0.25, -0.2) is 0 Å². The summed E-state index contributed by atoms with van der Waals surface area (Å²) in [5, 5.41) is 3.99. The van der Waals surface area contributed by atoms with Gasteiger partial charge < -0.3 is 24.0 Å². The predicted molar refractivity (Wildman–Crippen MR) is 124 cm³/mol. The number of rotatable bonds is 5. The fraction of sp³-hybridized carbons (Fsp3) is 0.875. The van der Waals surface area contributed by atoms with Crippen LogP contribution in [0.15, 0.2) is 4.52 Å². The van der Waals surface area contributed by atoms with Crippen molar-refractivity contribution in [2.45, 2.75) is 97.3 Å². The van der Waals surface area contributed by atoms with E-state index < -0.39 is 0 Å². The molecule has 1 saturated carbocycles.